The van der Waals surface area contributed by atoms with Crippen molar-refractivity contribution in [3.8, 4) is 0 Å². The van der Waals surface area contributed by atoms with Gasteiger partial charge in [0.2, 0.25) is 0 Å². The van der Waals surface area contributed by atoms with Gasteiger partial charge >= 0.3 is 0 Å². The Bertz CT molecular complexity index is 378. The smallest absolute Gasteiger partial charge is 0.0738 e. The number of fused-ring (bicyclic) bond motifs is 2. The Hall–Kier alpha value is -0.940. The summed E-state index contributed by atoms with van der Waals surface area (Å²) in [5, 5.41) is 17.2. The van der Waals surface area contributed by atoms with Crippen LogP contribution in [-0.2, 0) is 13.6 Å². The van der Waals surface area contributed by atoms with E-state index < -0.39 is 0 Å². The van der Waals surface area contributed by atoms with Crippen molar-refractivity contribution >= 4 is 0 Å². The van der Waals surface area contributed by atoms with E-state index in [1.165, 1.54) is 12.8 Å². The van der Waals surface area contributed by atoms with Gasteiger partial charge in [-0.15, -0.1) is 5.10 Å². The average molecular weight is 222 g/mol. The first-order chi connectivity index (χ1) is 7.79. The lowest BCUT2D eigenvalue weighted by atomic mass is 9.90. The Morgan fingerprint density at radius 3 is 3.00 bits per heavy atom. The molecule has 3 rings (SSSR count). The van der Waals surface area contributed by atoms with E-state index in [1.54, 1.807) is 0 Å². The summed E-state index contributed by atoms with van der Waals surface area (Å²) in [5.41, 5.74) is 1.16. The second-order valence-corrected chi connectivity index (χ2v) is 5.00. The lowest BCUT2D eigenvalue weighted by Gasteiger charge is -2.22. The number of aromatic nitrogens is 3. The zero-order valence-electron chi connectivity index (χ0n) is 9.58. The Labute approximate surface area is 95.1 Å². The number of hydrogen-bond donors (Lipinski definition) is 1. The summed E-state index contributed by atoms with van der Waals surface area (Å²) in [7, 11) is 1.93. The molecule has 0 aromatic carbocycles. The van der Waals surface area contributed by atoms with Crippen LogP contribution in [0.15, 0.2) is 6.20 Å². The van der Waals surface area contributed by atoms with Crippen molar-refractivity contribution in [3.63, 3.8) is 0 Å². The van der Waals surface area contributed by atoms with Gasteiger partial charge in [0.05, 0.1) is 11.9 Å². The van der Waals surface area contributed by atoms with Crippen molar-refractivity contribution in [2.45, 2.75) is 37.9 Å². The number of nitrogens with zero attached hydrogens (tertiary/aromatic N) is 4. The lowest BCUT2D eigenvalue weighted by molar-refractivity contribution is 0.170. The van der Waals surface area contributed by atoms with E-state index in [4.69, 9.17) is 0 Å². The first kappa shape index (κ1) is 10.2. The van der Waals surface area contributed by atoms with Crippen LogP contribution in [0, 0.1) is 5.92 Å². The number of aliphatic hydroxyl groups is 1. The fourth-order valence-corrected chi connectivity index (χ4v) is 3.32. The Morgan fingerprint density at radius 1 is 1.50 bits per heavy atom. The van der Waals surface area contributed by atoms with E-state index in [9.17, 15) is 5.11 Å². The molecule has 88 valence electrons. The summed E-state index contributed by atoms with van der Waals surface area (Å²) >= 11 is 0. The van der Waals surface area contributed by atoms with Crippen LogP contribution in [0.3, 0.4) is 0 Å². The molecule has 2 fully saturated rings. The van der Waals surface area contributed by atoms with Gasteiger partial charge in [0.25, 0.3) is 0 Å². The SMILES string of the molecule is Cn1nncc1CN1C2CCC1C(CO)C2. The van der Waals surface area contributed by atoms with Crippen molar-refractivity contribution in [2.75, 3.05) is 6.61 Å². The summed E-state index contributed by atoms with van der Waals surface area (Å²) in [4.78, 5) is 2.53. The maximum Gasteiger partial charge on any atom is 0.0738 e. The van der Waals surface area contributed by atoms with E-state index in [0.717, 1.165) is 18.7 Å². The van der Waals surface area contributed by atoms with Gasteiger partial charge in [-0.05, 0) is 25.2 Å². The van der Waals surface area contributed by atoms with Crippen LogP contribution in [0.25, 0.3) is 0 Å². The van der Waals surface area contributed by atoms with Crippen LogP contribution in [0.2, 0.25) is 0 Å². The summed E-state index contributed by atoms with van der Waals surface area (Å²) in [6.45, 7) is 1.26. The minimum Gasteiger partial charge on any atom is -0.396 e. The van der Waals surface area contributed by atoms with E-state index in [1.807, 2.05) is 17.9 Å². The first-order valence-electron chi connectivity index (χ1n) is 5.99. The van der Waals surface area contributed by atoms with Gasteiger partial charge in [-0.2, -0.15) is 0 Å². The predicted molar refractivity (Wildman–Crippen MR) is 58.5 cm³/mol. The summed E-state index contributed by atoms with van der Waals surface area (Å²) in [6, 6.07) is 1.24. The molecule has 2 aliphatic heterocycles. The van der Waals surface area contributed by atoms with E-state index >= 15 is 0 Å². The molecule has 0 radical (unpaired) electrons. The minimum atomic E-state index is 0.335. The molecule has 0 spiro atoms. The minimum absolute atomic E-state index is 0.335. The summed E-state index contributed by atoms with van der Waals surface area (Å²) in [6.07, 6.45) is 5.52. The second kappa shape index (κ2) is 3.82. The molecule has 2 bridgehead atoms. The second-order valence-electron chi connectivity index (χ2n) is 5.00. The normalized spacial score (nSPS) is 33.8. The number of hydrogen-bond acceptors (Lipinski definition) is 4. The monoisotopic (exact) mass is 222 g/mol. The largest absolute Gasteiger partial charge is 0.396 e. The molecule has 16 heavy (non-hydrogen) atoms. The van der Waals surface area contributed by atoms with Gasteiger partial charge < -0.3 is 5.11 Å². The highest BCUT2D eigenvalue weighted by atomic mass is 16.3. The highest BCUT2D eigenvalue weighted by Crippen LogP contribution is 2.42. The van der Waals surface area contributed by atoms with E-state index in [2.05, 4.69) is 15.2 Å². The van der Waals surface area contributed by atoms with Crippen molar-refractivity contribution in [1.29, 1.82) is 0 Å². The molecule has 3 heterocycles. The number of aliphatic hydroxyl groups excluding tert-OH is 1. The van der Waals surface area contributed by atoms with Crippen LogP contribution in [0.4, 0.5) is 0 Å². The standard InChI is InChI=1S/C11H18N4O/c1-14-10(5-12-13-14)6-15-9-2-3-11(15)8(4-9)7-16/h5,8-9,11,16H,2-4,6-7H2,1H3. The maximum absolute atomic E-state index is 9.33. The highest BCUT2D eigenvalue weighted by molar-refractivity contribution is 5.04. The van der Waals surface area contributed by atoms with Gasteiger partial charge in [-0.25, -0.2) is 0 Å². The third-order valence-electron chi connectivity index (χ3n) is 4.20. The van der Waals surface area contributed by atoms with Crippen molar-refractivity contribution in [1.82, 2.24) is 19.9 Å². The van der Waals surface area contributed by atoms with Crippen LogP contribution >= 0.6 is 0 Å². The first-order valence-corrected chi connectivity index (χ1v) is 5.99. The predicted octanol–water partition coefficient (Wildman–Crippen LogP) is 0.160. The molecule has 0 aliphatic carbocycles. The molecule has 0 amide bonds. The Kier molecular flexibility index (Phi) is 2.44. The molecule has 0 saturated carbocycles. The zero-order chi connectivity index (χ0) is 11.1. The van der Waals surface area contributed by atoms with Gasteiger partial charge in [0, 0.05) is 32.3 Å². The van der Waals surface area contributed by atoms with Crippen molar-refractivity contribution < 1.29 is 5.11 Å². The molecule has 3 unspecified atom stereocenters. The van der Waals surface area contributed by atoms with Gasteiger partial charge in [-0.3, -0.25) is 9.58 Å². The molecule has 5 heteroatoms. The molecular weight excluding hydrogens is 204 g/mol. The molecular formula is C11H18N4O. The number of aryl methyl sites for hydroxylation is 1. The van der Waals surface area contributed by atoms with Gasteiger partial charge in [0.15, 0.2) is 0 Å². The summed E-state index contributed by atoms with van der Waals surface area (Å²) in [5.74, 6) is 0.486. The molecule has 5 nitrogen and oxygen atoms in total. The highest BCUT2D eigenvalue weighted by Gasteiger charge is 2.45. The van der Waals surface area contributed by atoms with Gasteiger partial charge in [0.1, 0.15) is 0 Å². The molecule has 1 aromatic rings. The lowest BCUT2D eigenvalue weighted by Crippen LogP contribution is -2.31. The van der Waals surface area contributed by atoms with E-state index in [-0.39, 0.29) is 0 Å². The molecule has 2 aliphatic rings. The van der Waals surface area contributed by atoms with Crippen LogP contribution in [0.5, 0.6) is 0 Å². The average Bonchev–Trinajstić information content (AvgIpc) is 2.96. The van der Waals surface area contributed by atoms with Crippen molar-refractivity contribution in [3.05, 3.63) is 11.9 Å². The van der Waals surface area contributed by atoms with Crippen LogP contribution in [-0.4, -0.2) is 43.7 Å². The Morgan fingerprint density at radius 2 is 2.38 bits per heavy atom. The Balaban J connectivity index is 1.75. The zero-order valence-corrected chi connectivity index (χ0v) is 9.58. The quantitative estimate of drug-likeness (QED) is 0.791. The fraction of sp³-hybridized carbons (Fsp3) is 0.818. The molecule has 3 atom stereocenters. The van der Waals surface area contributed by atoms with Crippen LogP contribution < -0.4 is 0 Å². The van der Waals surface area contributed by atoms with Crippen molar-refractivity contribution in [2.24, 2.45) is 13.0 Å². The maximum atomic E-state index is 9.33. The third-order valence-corrected chi connectivity index (χ3v) is 4.20. The number of rotatable bonds is 3. The fourth-order valence-electron chi connectivity index (χ4n) is 3.32. The van der Waals surface area contributed by atoms with E-state index in [0.29, 0.717) is 24.6 Å². The summed E-state index contributed by atoms with van der Waals surface area (Å²) < 4.78 is 1.84. The molecule has 1 aromatic heterocycles. The van der Waals surface area contributed by atoms with Crippen LogP contribution in [0.1, 0.15) is 25.0 Å². The molecule has 2 saturated heterocycles. The third kappa shape index (κ3) is 1.46. The molecule has 1 N–H and O–H groups in total. The van der Waals surface area contributed by atoms with Gasteiger partial charge in [-0.1, -0.05) is 5.21 Å². The topological polar surface area (TPSA) is 54.2 Å².